The van der Waals surface area contributed by atoms with Gasteiger partial charge in [0.2, 0.25) is 0 Å². The quantitative estimate of drug-likeness (QED) is 0.684. The fourth-order valence-electron chi connectivity index (χ4n) is 1.20. The van der Waals surface area contributed by atoms with E-state index in [-0.39, 0.29) is 5.78 Å². The highest BCUT2D eigenvalue weighted by molar-refractivity contribution is 5.95. The molecule has 4 heteroatoms. The van der Waals surface area contributed by atoms with Crippen molar-refractivity contribution in [2.24, 2.45) is 7.05 Å². The second-order valence-corrected chi connectivity index (χ2v) is 3.90. The van der Waals surface area contributed by atoms with Crippen molar-refractivity contribution in [3.8, 4) is 0 Å². The Kier molecular flexibility index (Phi) is 3.06. The molecular formula is C10H16N2O2. The molecule has 0 amide bonds. The van der Waals surface area contributed by atoms with Crippen LogP contribution in [0.2, 0.25) is 0 Å². The molecule has 0 saturated heterocycles. The number of rotatable bonds is 4. The minimum Gasteiger partial charge on any atom is -0.378 e. The van der Waals surface area contributed by atoms with E-state index >= 15 is 0 Å². The smallest absolute Gasteiger partial charge is 0.183 e. The lowest BCUT2D eigenvalue weighted by Crippen LogP contribution is -2.27. The molecule has 1 aromatic rings. The first-order valence-electron chi connectivity index (χ1n) is 4.52. The van der Waals surface area contributed by atoms with Crippen LogP contribution < -0.4 is 0 Å². The highest BCUT2D eigenvalue weighted by atomic mass is 16.5. The van der Waals surface area contributed by atoms with Crippen molar-refractivity contribution in [3.05, 3.63) is 18.0 Å². The van der Waals surface area contributed by atoms with E-state index < -0.39 is 5.60 Å². The Morgan fingerprint density at radius 3 is 2.71 bits per heavy atom. The van der Waals surface area contributed by atoms with Crippen molar-refractivity contribution in [1.82, 2.24) is 9.78 Å². The van der Waals surface area contributed by atoms with Gasteiger partial charge in [0.25, 0.3) is 0 Å². The number of carbonyl (C=O) groups excluding carboxylic acids is 1. The molecule has 0 radical (unpaired) electrons. The lowest BCUT2D eigenvalue weighted by atomic mass is 10.0. The van der Waals surface area contributed by atoms with Crippen molar-refractivity contribution in [2.45, 2.75) is 25.9 Å². The van der Waals surface area contributed by atoms with Crippen molar-refractivity contribution in [3.63, 3.8) is 0 Å². The zero-order valence-electron chi connectivity index (χ0n) is 9.07. The number of Topliss-reactive ketones (excluding diaryl/α,β-unsaturated/α-hetero) is 1. The van der Waals surface area contributed by atoms with Gasteiger partial charge in [0.1, 0.15) is 5.69 Å². The normalized spacial score (nSPS) is 11.7. The van der Waals surface area contributed by atoms with Gasteiger partial charge in [-0.25, -0.2) is 0 Å². The molecule has 0 atom stereocenters. The number of ketones is 1. The summed E-state index contributed by atoms with van der Waals surface area (Å²) in [5.74, 6) is 0.0526. The topological polar surface area (TPSA) is 44.1 Å². The third-order valence-electron chi connectivity index (χ3n) is 2.25. The number of hydrogen-bond donors (Lipinski definition) is 0. The van der Waals surface area contributed by atoms with Crippen LogP contribution in [0.3, 0.4) is 0 Å². The summed E-state index contributed by atoms with van der Waals surface area (Å²) in [7, 11) is 3.36. The maximum Gasteiger partial charge on any atom is 0.183 e. The predicted molar refractivity (Wildman–Crippen MR) is 53.2 cm³/mol. The lowest BCUT2D eigenvalue weighted by molar-refractivity contribution is 0.0169. The average molecular weight is 196 g/mol. The van der Waals surface area contributed by atoms with Crippen molar-refractivity contribution >= 4 is 5.78 Å². The predicted octanol–water partition coefficient (Wildman–Crippen LogP) is 1.42. The van der Waals surface area contributed by atoms with E-state index in [1.54, 1.807) is 31.1 Å². The summed E-state index contributed by atoms with van der Waals surface area (Å²) in [6, 6.07) is 1.72. The Balaban J connectivity index is 2.73. The Morgan fingerprint density at radius 2 is 2.29 bits per heavy atom. The number of nitrogens with zero attached hydrogens (tertiary/aromatic N) is 2. The van der Waals surface area contributed by atoms with Gasteiger partial charge in [-0.3, -0.25) is 9.48 Å². The number of hydrogen-bond acceptors (Lipinski definition) is 3. The van der Waals surface area contributed by atoms with Crippen molar-refractivity contribution in [1.29, 1.82) is 0 Å². The zero-order valence-corrected chi connectivity index (χ0v) is 9.07. The maximum absolute atomic E-state index is 11.8. The minimum absolute atomic E-state index is 0.0526. The monoisotopic (exact) mass is 196 g/mol. The summed E-state index contributed by atoms with van der Waals surface area (Å²) in [4.78, 5) is 11.8. The molecule has 0 fully saturated rings. The van der Waals surface area contributed by atoms with Crippen molar-refractivity contribution in [2.75, 3.05) is 7.11 Å². The molecule has 0 unspecified atom stereocenters. The summed E-state index contributed by atoms with van der Waals surface area (Å²) < 4.78 is 6.77. The Labute approximate surface area is 83.9 Å². The SMILES string of the molecule is COC(C)(C)CC(=O)c1ccnn1C. The molecule has 0 saturated carbocycles. The van der Waals surface area contributed by atoms with E-state index in [9.17, 15) is 4.79 Å². The van der Waals surface area contributed by atoms with Gasteiger partial charge in [-0.1, -0.05) is 0 Å². The molecule has 0 bridgehead atoms. The van der Waals surface area contributed by atoms with Crippen LogP contribution in [-0.2, 0) is 11.8 Å². The lowest BCUT2D eigenvalue weighted by Gasteiger charge is -2.21. The molecule has 1 heterocycles. The largest absolute Gasteiger partial charge is 0.378 e. The fourth-order valence-corrected chi connectivity index (χ4v) is 1.20. The summed E-state index contributed by atoms with van der Waals surface area (Å²) >= 11 is 0. The van der Waals surface area contributed by atoms with Crippen molar-refractivity contribution < 1.29 is 9.53 Å². The van der Waals surface area contributed by atoms with Crippen LogP contribution in [0.5, 0.6) is 0 Å². The van der Waals surface area contributed by atoms with Crippen LogP contribution in [0.1, 0.15) is 30.8 Å². The first-order chi connectivity index (χ1) is 6.46. The third kappa shape index (κ3) is 2.42. The van der Waals surface area contributed by atoms with Crippen LogP contribution in [-0.4, -0.2) is 28.3 Å². The molecule has 78 valence electrons. The van der Waals surface area contributed by atoms with E-state index in [2.05, 4.69) is 5.10 Å². The second-order valence-electron chi connectivity index (χ2n) is 3.90. The number of methoxy groups -OCH3 is 1. The van der Waals surface area contributed by atoms with E-state index in [0.29, 0.717) is 12.1 Å². The van der Waals surface area contributed by atoms with Crippen LogP contribution in [0.25, 0.3) is 0 Å². The Hall–Kier alpha value is -1.16. The molecule has 0 aromatic carbocycles. The molecule has 0 aliphatic rings. The standard InChI is InChI=1S/C10H16N2O2/c1-10(2,14-4)7-9(13)8-5-6-11-12(8)3/h5-6H,7H2,1-4H3. The fraction of sp³-hybridized carbons (Fsp3) is 0.600. The molecule has 1 aromatic heterocycles. The van der Waals surface area contributed by atoms with Crippen LogP contribution in [0, 0.1) is 0 Å². The molecule has 0 N–H and O–H groups in total. The van der Waals surface area contributed by atoms with Gasteiger partial charge in [0.05, 0.1) is 5.60 Å². The Bertz CT molecular complexity index is 329. The minimum atomic E-state index is -0.415. The highest BCUT2D eigenvalue weighted by Gasteiger charge is 2.23. The van der Waals surface area contributed by atoms with Gasteiger partial charge in [-0.15, -0.1) is 0 Å². The van der Waals surface area contributed by atoms with Crippen LogP contribution in [0.15, 0.2) is 12.3 Å². The van der Waals surface area contributed by atoms with Crippen LogP contribution in [0.4, 0.5) is 0 Å². The van der Waals surface area contributed by atoms with E-state index in [0.717, 1.165) is 0 Å². The van der Waals surface area contributed by atoms with E-state index in [4.69, 9.17) is 4.74 Å². The van der Waals surface area contributed by atoms with E-state index in [1.807, 2.05) is 13.8 Å². The van der Waals surface area contributed by atoms with Gasteiger partial charge < -0.3 is 4.74 Å². The third-order valence-corrected chi connectivity index (χ3v) is 2.25. The summed E-state index contributed by atoms with van der Waals surface area (Å²) in [5, 5.41) is 3.95. The van der Waals surface area contributed by atoms with Crippen LogP contribution >= 0.6 is 0 Å². The Morgan fingerprint density at radius 1 is 1.64 bits per heavy atom. The molecular weight excluding hydrogens is 180 g/mol. The summed E-state index contributed by atoms with van der Waals surface area (Å²) in [6.07, 6.45) is 1.98. The van der Waals surface area contributed by atoms with Gasteiger partial charge in [-0.05, 0) is 19.9 Å². The molecule has 1 rings (SSSR count). The van der Waals surface area contributed by atoms with Gasteiger partial charge in [0, 0.05) is 26.8 Å². The highest BCUT2D eigenvalue weighted by Crippen LogP contribution is 2.16. The first kappa shape index (κ1) is 10.9. The maximum atomic E-state index is 11.8. The average Bonchev–Trinajstić information content (AvgIpc) is 2.51. The molecule has 0 aliphatic carbocycles. The molecule has 0 spiro atoms. The number of aryl methyl sites for hydroxylation is 1. The zero-order chi connectivity index (χ0) is 10.8. The van der Waals surface area contributed by atoms with Gasteiger partial charge in [-0.2, -0.15) is 5.10 Å². The van der Waals surface area contributed by atoms with Gasteiger partial charge >= 0.3 is 0 Å². The molecule has 4 nitrogen and oxygen atoms in total. The van der Waals surface area contributed by atoms with Gasteiger partial charge in [0.15, 0.2) is 5.78 Å². The molecule has 0 aliphatic heterocycles. The summed E-state index contributed by atoms with van der Waals surface area (Å²) in [6.45, 7) is 3.78. The number of carbonyl (C=O) groups is 1. The first-order valence-corrected chi connectivity index (χ1v) is 4.52. The molecule has 14 heavy (non-hydrogen) atoms. The number of ether oxygens (including phenoxy) is 1. The van der Waals surface area contributed by atoms with E-state index in [1.165, 1.54) is 0 Å². The number of aromatic nitrogens is 2. The second kappa shape index (κ2) is 3.92. The summed E-state index contributed by atoms with van der Waals surface area (Å²) in [5.41, 5.74) is 0.205.